The number of sulfonamides is 1. The van der Waals surface area contributed by atoms with Crippen molar-refractivity contribution in [2.75, 3.05) is 0 Å². The third-order valence-electron chi connectivity index (χ3n) is 3.14. The Morgan fingerprint density at radius 1 is 1.04 bits per heavy atom. The molecule has 1 aromatic heterocycles. The molecule has 0 fully saturated rings. The van der Waals surface area contributed by atoms with E-state index < -0.39 is 10.0 Å². The summed E-state index contributed by atoms with van der Waals surface area (Å²) in [6, 6.07) is 15.6. The largest absolute Gasteiger partial charge is 0.306 e. The highest BCUT2D eigenvalue weighted by Gasteiger charge is 2.10. The van der Waals surface area contributed by atoms with Gasteiger partial charge in [0.1, 0.15) is 0 Å². The summed E-state index contributed by atoms with van der Waals surface area (Å²) in [6.07, 6.45) is 6.71. The lowest BCUT2D eigenvalue weighted by Crippen LogP contribution is -2.18. The molecule has 1 heterocycles. The SMILES string of the molecule is O=S(=O)(N/N=C/c1ccc(-n2ccnc2)cc1)c1ccccc1. The van der Waals surface area contributed by atoms with Gasteiger partial charge in [-0.15, -0.1) is 0 Å². The Bertz CT molecular complexity index is 887. The molecule has 0 spiro atoms. The van der Waals surface area contributed by atoms with E-state index in [0.29, 0.717) is 0 Å². The average molecular weight is 326 g/mol. The van der Waals surface area contributed by atoms with E-state index >= 15 is 0 Å². The van der Waals surface area contributed by atoms with Crippen molar-refractivity contribution in [3.05, 3.63) is 78.9 Å². The number of imidazole rings is 1. The van der Waals surface area contributed by atoms with Gasteiger partial charge < -0.3 is 4.57 Å². The molecule has 0 aliphatic heterocycles. The molecule has 0 saturated heterocycles. The Balaban J connectivity index is 1.69. The fraction of sp³-hybridized carbons (Fsp3) is 0. The van der Waals surface area contributed by atoms with Crippen LogP contribution in [0.25, 0.3) is 5.69 Å². The van der Waals surface area contributed by atoms with Crippen molar-refractivity contribution in [3.8, 4) is 5.69 Å². The van der Waals surface area contributed by atoms with Gasteiger partial charge in [0.05, 0.1) is 17.4 Å². The summed E-state index contributed by atoms with van der Waals surface area (Å²) >= 11 is 0. The summed E-state index contributed by atoms with van der Waals surface area (Å²) in [5.74, 6) is 0. The average Bonchev–Trinajstić information content (AvgIpc) is 3.11. The summed E-state index contributed by atoms with van der Waals surface area (Å²) in [4.78, 5) is 6.35. The zero-order valence-corrected chi connectivity index (χ0v) is 12.9. The summed E-state index contributed by atoms with van der Waals surface area (Å²) in [5.41, 5.74) is 1.74. The predicted molar refractivity (Wildman–Crippen MR) is 87.9 cm³/mol. The van der Waals surface area contributed by atoms with Gasteiger partial charge in [0.15, 0.2) is 0 Å². The van der Waals surface area contributed by atoms with E-state index in [1.54, 1.807) is 30.7 Å². The van der Waals surface area contributed by atoms with Crippen molar-refractivity contribution in [2.24, 2.45) is 5.10 Å². The van der Waals surface area contributed by atoms with Crippen LogP contribution in [-0.4, -0.2) is 24.2 Å². The number of aromatic nitrogens is 2. The van der Waals surface area contributed by atoms with Crippen LogP contribution in [0.2, 0.25) is 0 Å². The van der Waals surface area contributed by atoms with Crippen LogP contribution in [0.5, 0.6) is 0 Å². The fourth-order valence-electron chi connectivity index (χ4n) is 1.97. The van der Waals surface area contributed by atoms with Crippen LogP contribution in [0.15, 0.2) is 83.3 Å². The first-order chi connectivity index (χ1) is 11.1. The summed E-state index contributed by atoms with van der Waals surface area (Å²) in [7, 11) is -3.63. The highest BCUT2D eigenvalue weighted by molar-refractivity contribution is 7.89. The van der Waals surface area contributed by atoms with Crippen molar-refractivity contribution in [2.45, 2.75) is 4.90 Å². The number of benzene rings is 2. The van der Waals surface area contributed by atoms with E-state index in [1.807, 2.05) is 35.0 Å². The Morgan fingerprint density at radius 3 is 2.43 bits per heavy atom. The van der Waals surface area contributed by atoms with Gasteiger partial charge in [-0.25, -0.2) is 9.82 Å². The van der Waals surface area contributed by atoms with Gasteiger partial charge in [-0.2, -0.15) is 13.5 Å². The normalized spacial score (nSPS) is 11.7. The molecule has 0 bridgehead atoms. The molecular weight excluding hydrogens is 312 g/mol. The standard InChI is InChI=1S/C16H14N4O2S/c21-23(22,16-4-2-1-3-5-16)19-18-12-14-6-8-15(9-7-14)20-11-10-17-13-20/h1-13,19H/b18-12+. The summed E-state index contributed by atoms with van der Waals surface area (Å²) in [6.45, 7) is 0. The van der Waals surface area contributed by atoms with Crippen LogP contribution in [-0.2, 0) is 10.0 Å². The predicted octanol–water partition coefficient (Wildman–Crippen LogP) is 2.18. The van der Waals surface area contributed by atoms with Crippen LogP contribution in [0.1, 0.15) is 5.56 Å². The number of nitrogens with one attached hydrogen (secondary N) is 1. The van der Waals surface area contributed by atoms with Crippen LogP contribution < -0.4 is 4.83 Å². The van der Waals surface area contributed by atoms with Gasteiger partial charge in [0, 0.05) is 18.1 Å². The van der Waals surface area contributed by atoms with Crippen LogP contribution in [0.4, 0.5) is 0 Å². The lowest BCUT2D eigenvalue weighted by Gasteiger charge is -2.03. The second kappa shape index (κ2) is 6.45. The van der Waals surface area contributed by atoms with Gasteiger partial charge >= 0.3 is 0 Å². The third-order valence-corrected chi connectivity index (χ3v) is 4.37. The lowest BCUT2D eigenvalue weighted by molar-refractivity contribution is 0.584. The fourth-order valence-corrected chi connectivity index (χ4v) is 2.78. The molecule has 23 heavy (non-hydrogen) atoms. The maximum absolute atomic E-state index is 12.0. The molecule has 7 heteroatoms. The monoisotopic (exact) mass is 326 g/mol. The molecule has 0 saturated carbocycles. The molecule has 0 amide bonds. The van der Waals surface area contributed by atoms with Crippen molar-refractivity contribution in [1.82, 2.24) is 14.4 Å². The maximum Gasteiger partial charge on any atom is 0.276 e. The van der Waals surface area contributed by atoms with Crippen molar-refractivity contribution < 1.29 is 8.42 Å². The molecule has 0 atom stereocenters. The van der Waals surface area contributed by atoms with E-state index in [9.17, 15) is 8.42 Å². The second-order valence-electron chi connectivity index (χ2n) is 4.73. The Hall–Kier alpha value is -2.93. The van der Waals surface area contributed by atoms with E-state index in [4.69, 9.17) is 0 Å². The number of nitrogens with zero attached hydrogens (tertiary/aromatic N) is 3. The van der Waals surface area contributed by atoms with Gasteiger partial charge in [-0.05, 0) is 29.8 Å². The quantitative estimate of drug-likeness (QED) is 0.577. The minimum atomic E-state index is -3.63. The molecule has 6 nitrogen and oxygen atoms in total. The number of hydrogen-bond acceptors (Lipinski definition) is 4. The van der Waals surface area contributed by atoms with Crippen LogP contribution in [0, 0.1) is 0 Å². The summed E-state index contributed by atoms with van der Waals surface area (Å²) in [5, 5.41) is 3.80. The number of rotatable bonds is 5. The molecule has 1 N–H and O–H groups in total. The van der Waals surface area contributed by atoms with Crippen molar-refractivity contribution >= 4 is 16.2 Å². The van der Waals surface area contributed by atoms with Crippen molar-refractivity contribution in [1.29, 1.82) is 0 Å². The van der Waals surface area contributed by atoms with Crippen molar-refractivity contribution in [3.63, 3.8) is 0 Å². The highest BCUT2D eigenvalue weighted by atomic mass is 32.2. The first-order valence-corrected chi connectivity index (χ1v) is 8.32. The van der Waals surface area contributed by atoms with Gasteiger partial charge in [-0.1, -0.05) is 30.3 Å². The summed E-state index contributed by atoms with van der Waals surface area (Å²) < 4.78 is 25.9. The zero-order chi connectivity index (χ0) is 16.1. The highest BCUT2D eigenvalue weighted by Crippen LogP contribution is 2.09. The number of hydrazone groups is 1. The van der Waals surface area contributed by atoms with Gasteiger partial charge in [0.25, 0.3) is 10.0 Å². The Morgan fingerprint density at radius 2 is 1.78 bits per heavy atom. The minimum Gasteiger partial charge on any atom is -0.306 e. The van der Waals surface area contributed by atoms with Gasteiger partial charge in [-0.3, -0.25) is 0 Å². The van der Waals surface area contributed by atoms with Crippen LogP contribution >= 0.6 is 0 Å². The van der Waals surface area contributed by atoms with E-state index in [2.05, 4.69) is 14.9 Å². The molecular formula is C16H14N4O2S. The molecule has 0 aliphatic carbocycles. The third kappa shape index (κ3) is 3.64. The number of hydrogen-bond donors (Lipinski definition) is 1. The van der Waals surface area contributed by atoms with E-state index in [1.165, 1.54) is 18.3 Å². The zero-order valence-electron chi connectivity index (χ0n) is 12.1. The molecule has 0 radical (unpaired) electrons. The Kier molecular flexibility index (Phi) is 4.20. The molecule has 2 aromatic carbocycles. The topological polar surface area (TPSA) is 76.3 Å². The maximum atomic E-state index is 12.0. The first kappa shape index (κ1) is 15.0. The second-order valence-corrected chi connectivity index (χ2v) is 6.39. The molecule has 3 rings (SSSR count). The van der Waals surface area contributed by atoms with Gasteiger partial charge in [0.2, 0.25) is 0 Å². The molecule has 116 valence electrons. The van der Waals surface area contributed by atoms with E-state index in [-0.39, 0.29) is 4.90 Å². The Labute approximate surface area is 134 Å². The molecule has 3 aromatic rings. The lowest BCUT2D eigenvalue weighted by atomic mass is 10.2. The van der Waals surface area contributed by atoms with E-state index in [0.717, 1.165) is 11.3 Å². The smallest absolute Gasteiger partial charge is 0.276 e. The first-order valence-electron chi connectivity index (χ1n) is 6.83. The molecule has 0 unspecified atom stereocenters. The minimum absolute atomic E-state index is 0.174. The van der Waals surface area contributed by atoms with Crippen LogP contribution in [0.3, 0.4) is 0 Å². The molecule has 0 aliphatic rings.